The van der Waals surface area contributed by atoms with E-state index < -0.39 is 0 Å². The molecule has 68 heavy (non-hydrogen) atoms. The average molecular weight is 875 g/mol. The third-order valence-corrected chi connectivity index (χ3v) is 14.5. The van der Waals surface area contributed by atoms with Gasteiger partial charge >= 0.3 is 0 Å². The van der Waals surface area contributed by atoms with Crippen LogP contribution in [0.25, 0.3) is 66.1 Å². The molecule has 11 aromatic rings. The van der Waals surface area contributed by atoms with Crippen molar-refractivity contribution in [3.8, 4) is 34.4 Å². The standard InChI is InChI=1S/C62H42N4O2/c63-37-51-52(38-64)60(66(46-35-31-42(32-36-46)40-15-5-2-6-16-40)54-22-12-20-50-48-18-8-10-24-56(48)68-62(50)54)58-44-27-25-43(26-28-44)57(58)59(51)65(45-33-29-41(30-34-45)39-13-3-1-4-14-39)53-21-11-19-49-47-17-7-9-23-55(47)67-61(49)53/h1-24,29-36,43-44H,25-28H2. The Morgan fingerprint density at radius 2 is 0.721 bits per heavy atom. The molecule has 2 heterocycles. The molecule has 1 saturated carbocycles. The zero-order chi connectivity index (χ0) is 45.3. The van der Waals surface area contributed by atoms with E-state index in [-0.39, 0.29) is 11.8 Å². The van der Waals surface area contributed by atoms with E-state index in [0.29, 0.717) is 11.1 Å². The average Bonchev–Trinajstić information content (AvgIpc) is 4.00. The Kier molecular flexibility index (Phi) is 9.27. The predicted molar refractivity (Wildman–Crippen MR) is 275 cm³/mol. The van der Waals surface area contributed by atoms with Crippen LogP contribution in [0.2, 0.25) is 0 Å². The molecule has 0 N–H and O–H groups in total. The first kappa shape index (κ1) is 39.5. The Labute approximate surface area is 393 Å². The summed E-state index contributed by atoms with van der Waals surface area (Å²) in [4.78, 5) is 4.45. The van der Waals surface area contributed by atoms with Gasteiger partial charge in [0.15, 0.2) is 11.2 Å². The Morgan fingerprint density at radius 3 is 1.12 bits per heavy atom. The summed E-state index contributed by atoms with van der Waals surface area (Å²) >= 11 is 0. The minimum atomic E-state index is 0.147. The molecule has 0 amide bonds. The SMILES string of the molecule is N#Cc1c(C#N)c(N(c2ccc(-c3ccccc3)cc2)c2cccc3c2oc2ccccc23)c2c(c1N(c1ccc(-c3ccccc3)cc1)c1cccc3c1oc1ccccc13)C1CCC2CC1. The summed E-state index contributed by atoms with van der Waals surface area (Å²) in [5, 5.41) is 27.7. The molecular formula is C62H42N4O2. The topological polar surface area (TPSA) is 80.3 Å². The van der Waals surface area contributed by atoms with E-state index in [1.165, 1.54) is 0 Å². The van der Waals surface area contributed by atoms with Crippen LogP contribution in [0.4, 0.5) is 34.1 Å². The highest BCUT2D eigenvalue weighted by Gasteiger charge is 2.43. The zero-order valence-electron chi connectivity index (χ0n) is 37.1. The lowest BCUT2D eigenvalue weighted by atomic mass is 9.64. The molecule has 14 rings (SSSR count). The number of hydrogen-bond donors (Lipinski definition) is 0. The number of nitriles is 2. The second-order valence-corrected chi connectivity index (χ2v) is 18.0. The molecule has 0 radical (unpaired) electrons. The zero-order valence-corrected chi connectivity index (χ0v) is 37.1. The molecule has 1 fully saturated rings. The molecule has 6 nitrogen and oxygen atoms in total. The highest BCUT2D eigenvalue weighted by atomic mass is 16.3. The Bertz CT molecular complexity index is 3580. The van der Waals surface area contributed by atoms with Gasteiger partial charge in [-0.15, -0.1) is 0 Å². The van der Waals surface area contributed by atoms with Gasteiger partial charge in [-0.1, -0.05) is 146 Å². The summed E-state index contributed by atoms with van der Waals surface area (Å²) in [5.41, 5.74) is 15.2. The van der Waals surface area contributed by atoms with Crippen molar-refractivity contribution in [2.24, 2.45) is 0 Å². The Hall–Kier alpha value is -8.84. The quantitative estimate of drug-likeness (QED) is 0.151. The molecule has 2 bridgehead atoms. The maximum absolute atomic E-state index is 11.9. The summed E-state index contributed by atoms with van der Waals surface area (Å²) in [6.45, 7) is 0. The number of rotatable bonds is 8. The normalized spacial score (nSPS) is 15.1. The lowest BCUT2D eigenvalue weighted by molar-refractivity contribution is 0.360. The van der Waals surface area contributed by atoms with Gasteiger partial charge in [0.2, 0.25) is 0 Å². The molecular weight excluding hydrogens is 833 g/mol. The smallest absolute Gasteiger partial charge is 0.159 e. The van der Waals surface area contributed by atoms with E-state index in [1.807, 2.05) is 48.5 Å². The van der Waals surface area contributed by atoms with Crippen LogP contribution in [0.15, 0.2) is 203 Å². The lowest BCUT2D eigenvalue weighted by Gasteiger charge is -2.45. The van der Waals surface area contributed by atoms with E-state index in [1.54, 1.807) is 0 Å². The third-order valence-electron chi connectivity index (χ3n) is 14.5. The van der Waals surface area contributed by atoms with Gasteiger partial charge in [-0.2, -0.15) is 10.5 Å². The number of benzene rings is 9. The maximum Gasteiger partial charge on any atom is 0.159 e. The molecule has 3 aliphatic rings. The van der Waals surface area contributed by atoms with Gasteiger partial charge in [-0.25, -0.2) is 0 Å². The van der Waals surface area contributed by atoms with Crippen LogP contribution in [-0.4, -0.2) is 0 Å². The van der Waals surface area contributed by atoms with Crippen molar-refractivity contribution in [3.63, 3.8) is 0 Å². The van der Waals surface area contributed by atoms with Crippen LogP contribution in [0, 0.1) is 22.7 Å². The van der Waals surface area contributed by atoms with E-state index in [4.69, 9.17) is 8.83 Å². The predicted octanol–water partition coefficient (Wildman–Crippen LogP) is 17.3. The lowest BCUT2D eigenvalue weighted by Crippen LogP contribution is -2.29. The van der Waals surface area contributed by atoms with Gasteiger partial charge in [-0.3, -0.25) is 0 Å². The minimum absolute atomic E-state index is 0.147. The van der Waals surface area contributed by atoms with Gasteiger partial charge in [-0.05, 0) is 119 Å². The molecule has 0 spiro atoms. The second kappa shape index (κ2) is 15.9. The molecule has 0 atom stereocenters. The number of para-hydroxylation sites is 4. The van der Waals surface area contributed by atoms with Gasteiger partial charge in [0.25, 0.3) is 0 Å². The molecule has 0 saturated heterocycles. The summed E-state index contributed by atoms with van der Waals surface area (Å²) in [6.07, 6.45) is 3.95. The van der Waals surface area contributed by atoms with Gasteiger partial charge in [0.05, 0.1) is 33.9 Å². The van der Waals surface area contributed by atoms with Gasteiger partial charge < -0.3 is 18.6 Å². The van der Waals surface area contributed by atoms with E-state index in [0.717, 1.165) is 137 Å². The molecule has 6 heteroatoms. The highest BCUT2D eigenvalue weighted by molar-refractivity contribution is 6.12. The summed E-state index contributed by atoms with van der Waals surface area (Å²) in [7, 11) is 0. The van der Waals surface area contributed by atoms with Gasteiger partial charge in [0.1, 0.15) is 23.3 Å². The van der Waals surface area contributed by atoms with Crippen molar-refractivity contribution < 1.29 is 8.83 Å². The summed E-state index contributed by atoms with van der Waals surface area (Å²) in [6, 6.07) is 72.1. The van der Waals surface area contributed by atoms with E-state index in [2.05, 4.69) is 168 Å². The highest BCUT2D eigenvalue weighted by Crippen LogP contribution is 2.61. The molecule has 2 aromatic heterocycles. The number of anilines is 6. The largest absolute Gasteiger partial charge is 0.454 e. The van der Waals surface area contributed by atoms with Crippen LogP contribution < -0.4 is 9.80 Å². The summed E-state index contributed by atoms with van der Waals surface area (Å²) < 4.78 is 13.6. The Balaban J connectivity index is 1.12. The first-order chi connectivity index (χ1) is 33.7. The third kappa shape index (κ3) is 6.15. The van der Waals surface area contributed by atoms with Crippen molar-refractivity contribution in [1.29, 1.82) is 10.5 Å². The number of nitrogens with zero attached hydrogens (tertiary/aromatic N) is 4. The molecule has 322 valence electrons. The van der Waals surface area contributed by atoms with E-state index in [9.17, 15) is 10.5 Å². The number of hydrogen-bond acceptors (Lipinski definition) is 6. The fourth-order valence-corrected chi connectivity index (χ4v) is 11.4. The van der Waals surface area contributed by atoms with Crippen LogP contribution in [-0.2, 0) is 0 Å². The number of fused-ring (bicyclic) bond motifs is 8. The van der Waals surface area contributed by atoms with Crippen molar-refractivity contribution in [3.05, 3.63) is 216 Å². The summed E-state index contributed by atoms with van der Waals surface area (Å²) in [5.74, 6) is 0.294. The fraction of sp³-hybridized carbons (Fsp3) is 0.0968. The molecule has 9 aromatic carbocycles. The first-order valence-corrected chi connectivity index (χ1v) is 23.4. The first-order valence-electron chi connectivity index (χ1n) is 23.4. The Morgan fingerprint density at radius 1 is 0.368 bits per heavy atom. The van der Waals surface area contributed by atoms with Gasteiger partial charge in [0, 0.05) is 32.9 Å². The van der Waals surface area contributed by atoms with Crippen LogP contribution >= 0.6 is 0 Å². The van der Waals surface area contributed by atoms with Crippen molar-refractivity contribution in [2.45, 2.75) is 37.5 Å². The van der Waals surface area contributed by atoms with Crippen LogP contribution in [0.3, 0.4) is 0 Å². The van der Waals surface area contributed by atoms with Crippen LogP contribution in [0.1, 0.15) is 59.8 Å². The van der Waals surface area contributed by atoms with Crippen molar-refractivity contribution >= 4 is 78.0 Å². The molecule has 0 unspecified atom stereocenters. The second-order valence-electron chi connectivity index (χ2n) is 18.0. The molecule has 3 aliphatic carbocycles. The van der Waals surface area contributed by atoms with Crippen LogP contribution in [0.5, 0.6) is 0 Å². The minimum Gasteiger partial charge on any atom is -0.454 e. The van der Waals surface area contributed by atoms with E-state index >= 15 is 0 Å². The maximum atomic E-state index is 11.9. The molecule has 0 aliphatic heterocycles. The monoisotopic (exact) mass is 874 g/mol. The number of furan rings is 2. The fourth-order valence-electron chi connectivity index (χ4n) is 11.4. The van der Waals surface area contributed by atoms with Crippen molar-refractivity contribution in [1.82, 2.24) is 0 Å². The van der Waals surface area contributed by atoms with Crippen molar-refractivity contribution in [2.75, 3.05) is 9.80 Å².